The summed E-state index contributed by atoms with van der Waals surface area (Å²) in [5.41, 5.74) is 1.03. The first kappa shape index (κ1) is 19.2. The predicted molar refractivity (Wildman–Crippen MR) is 110 cm³/mol. The van der Waals surface area contributed by atoms with Gasteiger partial charge in [0.2, 0.25) is 5.95 Å². The standard InChI is InChI=1S/C21H19N5O4/c1-3-29-16-8-5-4-7-14(16)20(28)23-18-12-15(17-9-6-10-30-17)25-26(18)21-22-13(2)11-19(27)24-21/h4-12H,3H2,1-2H3,(H,23,28)(H,22,24,27). The molecule has 0 bridgehead atoms. The Balaban J connectivity index is 1.77. The molecule has 3 aromatic heterocycles. The van der Waals surface area contributed by atoms with Crippen LogP contribution in [0.25, 0.3) is 17.4 Å². The molecule has 0 unspecified atom stereocenters. The first-order chi connectivity index (χ1) is 14.5. The first-order valence-electron chi connectivity index (χ1n) is 9.30. The molecule has 152 valence electrons. The molecule has 1 aromatic carbocycles. The molecule has 0 saturated heterocycles. The van der Waals surface area contributed by atoms with Crippen LogP contribution in [0.5, 0.6) is 5.75 Å². The molecule has 1 amide bonds. The molecule has 2 N–H and O–H groups in total. The van der Waals surface area contributed by atoms with E-state index in [0.29, 0.717) is 40.9 Å². The van der Waals surface area contributed by atoms with Gasteiger partial charge in [-0.1, -0.05) is 12.1 Å². The number of ether oxygens (including phenoxy) is 1. The summed E-state index contributed by atoms with van der Waals surface area (Å²) >= 11 is 0. The van der Waals surface area contributed by atoms with Crippen molar-refractivity contribution >= 4 is 11.7 Å². The summed E-state index contributed by atoms with van der Waals surface area (Å²) < 4.78 is 12.3. The molecule has 0 saturated carbocycles. The van der Waals surface area contributed by atoms with Crippen LogP contribution in [0.4, 0.5) is 5.82 Å². The van der Waals surface area contributed by atoms with E-state index in [-0.39, 0.29) is 17.4 Å². The second kappa shape index (κ2) is 8.08. The van der Waals surface area contributed by atoms with E-state index in [0.717, 1.165) is 0 Å². The fourth-order valence-corrected chi connectivity index (χ4v) is 2.96. The second-order valence-electron chi connectivity index (χ2n) is 6.40. The number of aromatic nitrogens is 4. The number of benzene rings is 1. The van der Waals surface area contributed by atoms with Gasteiger partial charge in [0.1, 0.15) is 17.3 Å². The highest BCUT2D eigenvalue weighted by Crippen LogP contribution is 2.25. The number of furan rings is 1. The summed E-state index contributed by atoms with van der Waals surface area (Å²) in [6.45, 7) is 3.98. The van der Waals surface area contributed by atoms with Crippen molar-refractivity contribution in [1.82, 2.24) is 19.7 Å². The Hall–Kier alpha value is -4.14. The molecule has 9 nitrogen and oxygen atoms in total. The van der Waals surface area contributed by atoms with Gasteiger partial charge in [0.15, 0.2) is 5.76 Å². The number of amides is 1. The van der Waals surface area contributed by atoms with Gasteiger partial charge in [-0.3, -0.25) is 14.6 Å². The van der Waals surface area contributed by atoms with Crippen molar-refractivity contribution in [2.45, 2.75) is 13.8 Å². The number of anilines is 1. The van der Waals surface area contributed by atoms with Crippen LogP contribution in [-0.2, 0) is 0 Å². The first-order valence-corrected chi connectivity index (χ1v) is 9.30. The Bertz CT molecular complexity index is 1240. The summed E-state index contributed by atoms with van der Waals surface area (Å²) in [7, 11) is 0. The SMILES string of the molecule is CCOc1ccccc1C(=O)Nc1cc(-c2ccco2)nn1-c1nc(C)cc(=O)[nH]1. The largest absolute Gasteiger partial charge is 0.493 e. The van der Waals surface area contributed by atoms with Crippen LogP contribution in [0.2, 0.25) is 0 Å². The van der Waals surface area contributed by atoms with Crippen molar-refractivity contribution in [1.29, 1.82) is 0 Å². The quantitative estimate of drug-likeness (QED) is 0.509. The lowest BCUT2D eigenvalue weighted by Gasteiger charge is -2.11. The maximum atomic E-state index is 13.0. The normalized spacial score (nSPS) is 10.7. The zero-order valence-corrected chi connectivity index (χ0v) is 16.4. The third-order valence-corrected chi connectivity index (χ3v) is 4.21. The maximum Gasteiger partial charge on any atom is 0.260 e. The number of rotatable bonds is 6. The number of H-pyrrole nitrogens is 1. The average Bonchev–Trinajstić information content (AvgIpc) is 3.38. The van der Waals surface area contributed by atoms with Crippen molar-refractivity contribution in [3.05, 3.63) is 76.4 Å². The van der Waals surface area contributed by atoms with Gasteiger partial charge in [0.05, 0.1) is 18.4 Å². The molecule has 3 heterocycles. The molecule has 0 aliphatic heterocycles. The van der Waals surface area contributed by atoms with Crippen molar-refractivity contribution in [3.63, 3.8) is 0 Å². The Morgan fingerprint density at radius 1 is 1.23 bits per heavy atom. The molecule has 0 fully saturated rings. The molecule has 0 aliphatic carbocycles. The zero-order valence-electron chi connectivity index (χ0n) is 16.4. The van der Waals surface area contributed by atoms with Crippen LogP contribution in [0.3, 0.4) is 0 Å². The van der Waals surface area contributed by atoms with Gasteiger partial charge in [-0.05, 0) is 38.1 Å². The Labute approximate surface area is 171 Å². The van der Waals surface area contributed by atoms with E-state index in [1.165, 1.54) is 17.0 Å². The lowest BCUT2D eigenvalue weighted by molar-refractivity contribution is 0.102. The number of nitrogens with one attached hydrogen (secondary N) is 2. The van der Waals surface area contributed by atoms with Gasteiger partial charge in [0, 0.05) is 17.8 Å². The van der Waals surface area contributed by atoms with Gasteiger partial charge in [-0.15, -0.1) is 0 Å². The summed E-state index contributed by atoms with van der Waals surface area (Å²) in [4.78, 5) is 31.9. The fraction of sp³-hybridized carbons (Fsp3) is 0.143. The molecule has 0 atom stereocenters. The minimum Gasteiger partial charge on any atom is -0.493 e. The lowest BCUT2D eigenvalue weighted by atomic mass is 10.2. The highest BCUT2D eigenvalue weighted by Gasteiger charge is 2.19. The van der Waals surface area contributed by atoms with E-state index in [9.17, 15) is 9.59 Å². The third kappa shape index (κ3) is 3.86. The predicted octanol–water partition coefficient (Wildman–Crippen LogP) is 3.18. The molecule has 30 heavy (non-hydrogen) atoms. The minimum absolute atomic E-state index is 0.172. The van der Waals surface area contributed by atoms with Gasteiger partial charge >= 0.3 is 0 Å². The molecule has 4 rings (SSSR count). The topological polar surface area (TPSA) is 115 Å². The maximum absolute atomic E-state index is 13.0. The van der Waals surface area contributed by atoms with Crippen LogP contribution in [0, 0.1) is 6.92 Å². The Morgan fingerprint density at radius 3 is 2.80 bits per heavy atom. The van der Waals surface area contributed by atoms with Crippen LogP contribution >= 0.6 is 0 Å². The molecule has 9 heteroatoms. The third-order valence-electron chi connectivity index (χ3n) is 4.21. The van der Waals surface area contributed by atoms with Crippen molar-refractivity contribution < 1.29 is 13.9 Å². The number of hydrogen-bond acceptors (Lipinski definition) is 6. The van der Waals surface area contributed by atoms with E-state index in [2.05, 4.69) is 20.4 Å². The van der Waals surface area contributed by atoms with Gasteiger partial charge in [-0.2, -0.15) is 9.78 Å². The van der Waals surface area contributed by atoms with E-state index < -0.39 is 0 Å². The number of hydrogen-bond donors (Lipinski definition) is 2. The zero-order chi connectivity index (χ0) is 21.1. The second-order valence-corrected chi connectivity index (χ2v) is 6.40. The Kier molecular flexibility index (Phi) is 5.17. The molecule has 0 aliphatic rings. The number of aryl methyl sites for hydroxylation is 1. The number of aromatic amines is 1. The fourth-order valence-electron chi connectivity index (χ4n) is 2.96. The van der Waals surface area contributed by atoms with E-state index >= 15 is 0 Å². The summed E-state index contributed by atoms with van der Waals surface area (Å²) in [6, 6.07) is 13.4. The number of carbonyl (C=O) groups is 1. The molecule has 4 aromatic rings. The van der Waals surface area contributed by atoms with Gasteiger partial charge in [-0.25, -0.2) is 4.98 Å². The number of nitrogens with zero attached hydrogens (tertiary/aromatic N) is 3. The van der Waals surface area contributed by atoms with Crippen LogP contribution < -0.4 is 15.6 Å². The van der Waals surface area contributed by atoms with Crippen LogP contribution in [0.1, 0.15) is 23.0 Å². The van der Waals surface area contributed by atoms with E-state index in [1.807, 2.05) is 6.92 Å². The molecular formula is C21H19N5O4. The highest BCUT2D eigenvalue weighted by molar-refractivity contribution is 6.06. The summed E-state index contributed by atoms with van der Waals surface area (Å²) in [5.74, 6) is 1.07. The van der Waals surface area contributed by atoms with Crippen LogP contribution in [0.15, 0.2) is 64.0 Å². The highest BCUT2D eigenvalue weighted by atomic mass is 16.5. The molecule has 0 radical (unpaired) electrons. The summed E-state index contributed by atoms with van der Waals surface area (Å²) in [5, 5.41) is 7.28. The number of carbonyl (C=O) groups excluding carboxylic acids is 1. The number of para-hydroxylation sites is 1. The molecule has 0 spiro atoms. The Morgan fingerprint density at radius 2 is 2.07 bits per heavy atom. The average molecular weight is 405 g/mol. The lowest BCUT2D eigenvalue weighted by Crippen LogP contribution is -2.19. The van der Waals surface area contributed by atoms with Crippen molar-refractivity contribution in [3.8, 4) is 23.2 Å². The molecular weight excluding hydrogens is 386 g/mol. The monoisotopic (exact) mass is 405 g/mol. The van der Waals surface area contributed by atoms with E-state index in [1.54, 1.807) is 49.4 Å². The smallest absolute Gasteiger partial charge is 0.260 e. The minimum atomic E-state index is -0.388. The van der Waals surface area contributed by atoms with Crippen LogP contribution in [-0.4, -0.2) is 32.3 Å². The van der Waals surface area contributed by atoms with Crippen molar-refractivity contribution in [2.24, 2.45) is 0 Å². The van der Waals surface area contributed by atoms with Gasteiger partial charge in [0.25, 0.3) is 11.5 Å². The summed E-state index contributed by atoms with van der Waals surface area (Å²) in [6.07, 6.45) is 1.53. The van der Waals surface area contributed by atoms with E-state index in [4.69, 9.17) is 9.15 Å². The van der Waals surface area contributed by atoms with Crippen molar-refractivity contribution in [2.75, 3.05) is 11.9 Å². The van der Waals surface area contributed by atoms with Gasteiger partial charge < -0.3 is 14.5 Å².